The minimum absolute atomic E-state index is 0.00827. The van der Waals surface area contributed by atoms with Gasteiger partial charge in [-0.2, -0.15) is 0 Å². The van der Waals surface area contributed by atoms with Crippen molar-refractivity contribution in [3.8, 4) is 0 Å². The van der Waals surface area contributed by atoms with Gasteiger partial charge in [0.2, 0.25) is 0 Å². The number of aliphatic carboxylic acids is 1. The predicted molar refractivity (Wildman–Crippen MR) is 61.6 cm³/mol. The lowest BCUT2D eigenvalue weighted by Crippen LogP contribution is -2.35. The number of hydrogen-bond acceptors (Lipinski definition) is 4. The summed E-state index contributed by atoms with van der Waals surface area (Å²) in [5, 5.41) is 11.6. The van der Waals surface area contributed by atoms with E-state index in [4.69, 9.17) is 5.11 Å². The lowest BCUT2D eigenvalue weighted by atomic mass is 10.3. The summed E-state index contributed by atoms with van der Waals surface area (Å²) in [7, 11) is 0. The van der Waals surface area contributed by atoms with Crippen molar-refractivity contribution >= 4 is 22.4 Å². The van der Waals surface area contributed by atoms with Gasteiger partial charge in [-0.05, 0) is 20.3 Å². The fourth-order valence-electron chi connectivity index (χ4n) is 1.21. The molecule has 1 aromatic heterocycles. The third kappa shape index (κ3) is 3.20. The van der Waals surface area contributed by atoms with E-state index in [1.54, 1.807) is 4.90 Å². The minimum atomic E-state index is -0.822. The van der Waals surface area contributed by atoms with Gasteiger partial charge >= 0.3 is 5.97 Å². The lowest BCUT2D eigenvalue weighted by molar-refractivity contribution is -0.135. The molecule has 0 saturated carbocycles. The number of aromatic nitrogens is 1. The normalized spacial score (nSPS) is 10.7. The predicted octanol–water partition coefficient (Wildman–Crippen LogP) is 2.00. The fourth-order valence-corrected chi connectivity index (χ4v) is 2.25. The average Bonchev–Trinajstić information content (AvgIpc) is 2.61. The second-order valence-corrected chi connectivity index (χ2v) is 4.43. The van der Waals surface area contributed by atoms with E-state index in [0.717, 1.165) is 17.2 Å². The Morgan fingerprint density at radius 3 is 2.73 bits per heavy atom. The molecule has 0 aliphatic rings. The minimum Gasteiger partial charge on any atom is -0.480 e. The monoisotopic (exact) mass is 228 g/mol. The van der Waals surface area contributed by atoms with Gasteiger partial charge in [-0.1, -0.05) is 6.92 Å². The SMILES string of the molecule is CCc1csc(N(CC(=O)O)C(C)C)n1. The molecule has 0 aliphatic heterocycles. The molecular weight excluding hydrogens is 212 g/mol. The molecule has 0 unspecified atom stereocenters. The zero-order chi connectivity index (χ0) is 11.4. The largest absolute Gasteiger partial charge is 0.480 e. The lowest BCUT2D eigenvalue weighted by Gasteiger charge is -2.23. The van der Waals surface area contributed by atoms with Crippen LogP contribution in [0.5, 0.6) is 0 Å². The Labute approximate surface area is 93.6 Å². The van der Waals surface area contributed by atoms with Crippen molar-refractivity contribution in [3.63, 3.8) is 0 Å². The summed E-state index contributed by atoms with van der Waals surface area (Å²) >= 11 is 1.50. The van der Waals surface area contributed by atoms with E-state index >= 15 is 0 Å². The molecule has 0 radical (unpaired) electrons. The molecule has 0 amide bonds. The van der Waals surface area contributed by atoms with Crippen molar-refractivity contribution < 1.29 is 9.90 Å². The molecule has 5 heteroatoms. The first-order valence-electron chi connectivity index (χ1n) is 4.97. The van der Waals surface area contributed by atoms with Crippen LogP contribution in [-0.2, 0) is 11.2 Å². The van der Waals surface area contributed by atoms with E-state index in [1.807, 2.05) is 26.2 Å². The molecule has 0 spiro atoms. The first-order valence-corrected chi connectivity index (χ1v) is 5.85. The standard InChI is InChI=1S/C10H16N2O2S/c1-4-8-6-15-10(11-8)12(7(2)3)5-9(13)14/h6-7H,4-5H2,1-3H3,(H,13,14). The Balaban J connectivity index is 2.83. The van der Waals surface area contributed by atoms with Crippen LogP contribution in [0.15, 0.2) is 5.38 Å². The van der Waals surface area contributed by atoms with E-state index in [1.165, 1.54) is 11.3 Å². The number of thiazole rings is 1. The number of aryl methyl sites for hydroxylation is 1. The maximum absolute atomic E-state index is 10.7. The molecular formula is C10H16N2O2S. The van der Waals surface area contributed by atoms with Crippen LogP contribution in [-0.4, -0.2) is 28.6 Å². The van der Waals surface area contributed by atoms with Crippen LogP contribution in [0.25, 0.3) is 0 Å². The molecule has 1 N–H and O–H groups in total. The molecule has 0 aliphatic carbocycles. The molecule has 0 saturated heterocycles. The third-order valence-corrected chi connectivity index (χ3v) is 3.00. The van der Waals surface area contributed by atoms with Gasteiger partial charge in [0.15, 0.2) is 5.13 Å². The Bertz CT molecular complexity index is 336. The number of carboxylic acid groups (broad SMARTS) is 1. The summed E-state index contributed by atoms with van der Waals surface area (Å²) in [4.78, 5) is 16.9. The van der Waals surface area contributed by atoms with Crippen LogP contribution in [0.2, 0.25) is 0 Å². The van der Waals surface area contributed by atoms with Gasteiger partial charge in [-0.15, -0.1) is 11.3 Å². The zero-order valence-electron chi connectivity index (χ0n) is 9.23. The van der Waals surface area contributed by atoms with Crippen LogP contribution >= 0.6 is 11.3 Å². The Morgan fingerprint density at radius 2 is 2.33 bits per heavy atom. The van der Waals surface area contributed by atoms with Crippen molar-refractivity contribution in [2.75, 3.05) is 11.4 Å². The van der Waals surface area contributed by atoms with Gasteiger partial charge in [0.1, 0.15) is 6.54 Å². The number of nitrogens with zero attached hydrogens (tertiary/aromatic N) is 2. The Kier molecular flexibility index (Phi) is 4.08. The van der Waals surface area contributed by atoms with Gasteiger partial charge in [-0.25, -0.2) is 4.98 Å². The highest BCUT2D eigenvalue weighted by Crippen LogP contribution is 2.22. The van der Waals surface area contributed by atoms with Crippen molar-refractivity contribution in [3.05, 3.63) is 11.1 Å². The average molecular weight is 228 g/mol. The van der Waals surface area contributed by atoms with Crippen LogP contribution in [0, 0.1) is 0 Å². The fraction of sp³-hybridized carbons (Fsp3) is 0.600. The number of anilines is 1. The van der Waals surface area contributed by atoms with E-state index in [0.29, 0.717) is 0 Å². The van der Waals surface area contributed by atoms with E-state index in [2.05, 4.69) is 4.98 Å². The topological polar surface area (TPSA) is 53.4 Å². The highest BCUT2D eigenvalue weighted by atomic mass is 32.1. The number of hydrogen-bond donors (Lipinski definition) is 1. The highest BCUT2D eigenvalue weighted by Gasteiger charge is 2.16. The molecule has 4 nitrogen and oxygen atoms in total. The maximum Gasteiger partial charge on any atom is 0.323 e. The summed E-state index contributed by atoms with van der Waals surface area (Å²) in [6, 6.07) is 0.150. The molecule has 1 heterocycles. The highest BCUT2D eigenvalue weighted by molar-refractivity contribution is 7.13. The van der Waals surface area contributed by atoms with Crippen molar-refractivity contribution in [1.82, 2.24) is 4.98 Å². The molecule has 0 atom stereocenters. The van der Waals surface area contributed by atoms with Gasteiger partial charge in [0, 0.05) is 11.4 Å². The first kappa shape index (κ1) is 12.0. The smallest absolute Gasteiger partial charge is 0.323 e. The summed E-state index contributed by atoms with van der Waals surface area (Å²) in [6.45, 7) is 5.98. The van der Waals surface area contributed by atoms with E-state index in [-0.39, 0.29) is 12.6 Å². The Morgan fingerprint density at radius 1 is 1.67 bits per heavy atom. The third-order valence-electron chi connectivity index (χ3n) is 2.08. The second kappa shape index (κ2) is 5.11. The summed E-state index contributed by atoms with van der Waals surface area (Å²) < 4.78 is 0. The summed E-state index contributed by atoms with van der Waals surface area (Å²) in [5.41, 5.74) is 1.02. The molecule has 84 valence electrons. The second-order valence-electron chi connectivity index (χ2n) is 3.59. The van der Waals surface area contributed by atoms with Gasteiger partial charge in [0.25, 0.3) is 0 Å². The maximum atomic E-state index is 10.7. The van der Waals surface area contributed by atoms with Crippen molar-refractivity contribution in [2.45, 2.75) is 33.2 Å². The molecule has 15 heavy (non-hydrogen) atoms. The number of carbonyl (C=O) groups is 1. The van der Waals surface area contributed by atoms with Gasteiger partial charge < -0.3 is 10.0 Å². The van der Waals surface area contributed by atoms with Crippen molar-refractivity contribution in [2.24, 2.45) is 0 Å². The number of carboxylic acids is 1. The van der Waals surface area contributed by atoms with E-state index < -0.39 is 5.97 Å². The van der Waals surface area contributed by atoms with Crippen LogP contribution in [0.3, 0.4) is 0 Å². The Hall–Kier alpha value is -1.10. The summed E-state index contributed by atoms with van der Waals surface area (Å²) in [5.74, 6) is -0.822. The number of rotatable bonds is 5. The van der Waals surface area contributed by atoms with Crippen molar-refractivity contribution in [1.29, 1.82) is 0 Å². The molecule has 1 aromatic rings. The molecule has 0 bridgehead atoms. The van der Waals surface area contributed by atoms with Crippen LogP contribution in [0.1, 0.15) is 26.5 Å². The van der Waals surface area contributed by atoms with E-state index in [9.17, 15) is 4.79 Å². The zero-order valence-corrected chi connectivity index (χ0v) is 10.0. The molecule has 0 fully saturated rings. The first-order chi connectivity index (χ1) is 7.04. The molecule has 0 aromatic carbocycles. The molecule has 1 rings (SSSR count). The summed E-state index contributed by atoms with van der Waals surface area (Å²) in [6.07, 6.45) is 0.884. The van der Waals surface area contributed by atoms with Crippen LogP contribution < -0.4 is 4.90 Å². The quantitative estimate of drug-likeness (QED) is 0.837. The van der Waals surface area contributed by atoms with Crippen LogP contribution in [0.4, 0.5) is 5.13 Å². The van der Waals surface area contributed by atoms with Gasteiger partial charge in [0.05, 0.1) is 5.69 Å². The van der Waals surface area contributed by atoms with Gasteiger partial charge in [-0.3, -0.25) is 4.79 Å².